The van der Waals surface area contributed by atoms with E-state index in [1.807, 2.05) is 60.8 Å². The largest absolute Gasteiger partial charge is 0.376 e. The van der Waals surface area contributed by atoms with Gasteiger partial charge in [-0.25, -0.2) is 4.98 Å². The number of nitrogens with one attached hydrogen (secondary N) is 2. The fraction of sp³-hybridized carbons (Fsp3) is 0.0833. The van der Waals surface area contributed by atoms with Gasteiger partial charge in [-0.05, 0) is 29.3 Å². The topological polar surface area (TPSA) is 105 Å². The standard InChI is InChI=1S/C24H19N5O3/c30-24-22(29(31)32)23(27-21-12-6-7-13-28(21)24)26-14-18(16-8-2-1-3-9-16)19-15-25-20-11-5-4-10-17(19)20/h1-13,15,18,25-26H,14H2. The number of nitro groups is 1. The summed E-state index contributed by atoms with van der Waals surface area (Å²) in [5.74, 6) is -0.157. The fourth-order valence-corrected chi connectivity index (χ4v) is 4.04. The molecule has 0 fully saturated rings. The SMILES string of the molecule is O=c1c([N+](=O)[O-])c(NCC(c2ccccc2)c2c[nH]c3ccccc23)nc2ccccn12. The molecule has 1 atom stereocenters. The number of aromatic amines is 1. The molecule has 0 aliphatic heterocycles. The quantitative estimate of drug-likeness (QED) is 0.311. The first kappa shape index (κ1) is 19.5. The maximum absolute atomic E-state index is 12.7. The smallest absolute Gasteiger partial charge is 0.363 e. The number of nitrogens with zero attached hydrogens (tertiary/aromatic N) is 3. The highest BCUT2D eigenvalue weighted by Gasteiger charge is 2.25. The maximum atomic E-state index is 12.7. The lowest BCUT2D eigenvalue weighted by Gasteiger charge is -2.18. The first-order valence-electron chi connectivity index (χ1n) is 10.1. The zero-order valence-corrected chi connectivity index (χ0v) is 16.9. The van der Waals surface area contributed by atoms with E-state index >= 15 is 0 Å². The van der Waals surface area contributed by atoms with Crippen molar-refractivity contribution in [3.8, 4) is 0 Å². The predicted molar refractivity (Wildman–Crippen MR) is 123 cm³/mol. The van der Waals surface area contributed by atoms with E-state index in [0.29, 0.717) is 12.2 Å². The lowest BCUT2D eigenvalue weighted by Crippen LogP contribution is -2.23. The second-order valence-electron chi connectivity index (χ2n) is 7.43. The molecule has 0 bridgehead atoms. The first-order chi connectivity index (χ1) is 15.6. The Kier molecular flexibility index (Phi) is 4.87. The van der Waals surface area contributed by atoms with Crippen LogP contribution >= 0.6 is 0 Å². The van der Waals surface area contributed by atoms with Crippen molar-refractivity contribution in [1.82, 2.24) is 14.4 Å². The molecule has 158 valence electrons. The summed E-state index contributed by atoms with van der Waals surface area (Å²) in [6.07, 6.45) is 3.43. The monoisotopic (exact) mass is 425 g/mol. The van der Waals surface area contributed by atoms with E-state index in [2.05, 4.69) is 15.3 Å². The van der Waals surface area contributed by atoms with E-state index in [9.17, 15) is 14.9 Å². The molecule has 1 unspecified atom stereocenters. The van der Waals surface area contributed by atoms with E-state index in [0.717, 1.165) is 22.0 Å². The van der Waals surface area contributed by atoms with Crippen LogP contribution in [-0.2, 0) is 0 Å². The lowest BCUT2D eigenvalue weighted by molar-refractivity contribution is -0.385. The zero-order chi connectivity index (χ0) is 22.1. The molecule has 8 nitrogen and oxygen atoms in total. The molecule has 2 aromatic carbocycles. The van der Waals surface area contributed by atoms with E-state index < -0.39 is 16.2 Å². The number of anilines is 1. The number of para-hydroxylation sites is 1. The van der Waals surface area contributed by atoms with E-state index in [1.165, 1.54) is 10.6 Å². The van der Waals surface area contributed by atoms with Gasteiger partial charge in [0, 0.05) is 35.8 Å². The molecule has 2 N–H and O–H groups in total. The first-order valence-corrected chi connectivity index (χ1v) is 10.1. The molecule has 32 heavy (non-hydrogen) atoms. The summed E-state index contributed by atoms with van der Waals surface area (Å²) in [7, 11) is 0. The van der Waals surface area contributed by atoms with Crippen LogP contribution < -0.4 is 10.9 Å². The van der Waals surface area contributed by atoms with Gasteiger partial charge in [-0.1, -0.05) is 54.6 Å². The average molecular weight is 425 g/mol. The Labute approximate surface area is 182 Å². The molecule has 0 amide bonds. The minimum Gasteiger partial charge on any atom is -0.363 e. The van der Waals surface area contributed by atoms with Crippen LogP contribution in [0, 0.1) is 10.1 Å². The van der Waals surface area contributed by atoms with E-state index in [1.54, 1.807) is 18.2 Å². The van der Waals surface area contributed by atoms with Crippen molar-refractivity contribution in [2.75, 3.05) is 11.9 Å². The Morgan fingerprint density at radius 3 is 2.59 bits per heavy atom. The molecule has 0 saturated carbocycles. The Hall–Kier alpha value is -4.46. The normalized spacial score (nSPS) is 12.1. The Morgan fingerprint density at radius 2 is 1.78 bits per heavy atom. The summed E-state index contributed by atoms with van der Waals surface area (Å²) in [4.78, 5) is 31.4. The third kappa shape index (κ3) is 3.37. The minimum atomic E-state index is -0.716. The number of H-pyrrole nitrogens is 1. The van der Waals surface area contributed by atoms with Crippen LogP contribution in [0.5, 0.6) is 0 Å². The second kappa shape index (κ2) is 7.99. The molecular weight excluding hydrogens is 406 g/mol. The van der Waals surface area contributed by atoms with Crippen LogP contribution in [0.15, 0.2) is 90.0 Å². The van der Waals surface area contributed by atoms with Gasteiger partial charge in [0.1, 0.15) is 5.65 Å². The van der Waals surface area contributed by atoms with Gasteiger partial charge < -0.3 is 10.3 Å². The van der Waals surface area contributed by atoms with Crippen molar-refractivity contribution in [1.29, 1.82) is 0 Å². The number of pyridine rings is 1. The average Bonchev–Trinajstić information content (AvgIpc) is 3.24. The van der Waals surface area contributed by atoms with Crippen LogP contribution in [0.2, 0.25) is 0 Å². The molecule has 3 aromatic heterocycles. The summed E-state index contributed by atoms with van der Waals surface area (Å²) in [5.41, 5.74) is 2.17. The minimum absolute atomic E-state index is 0.0352. The predicted octanol–water partition coefficient (Wildman–Crippen LogP) is 4.33. The van der Waals surface area contributed by atoms with Crippen molar-refractivity contribution in [2.45, 2.75) is 5.92 Å². The van der Waals surface area contributed by atoms with Crippen molar-refractivity contribution >= 4 is 28.1 Å². The third-order valence-corrected chi connectivity index (χ3v) is 5.57. The molecule has 8 heteroatoms. The summed E-state index contributed by atoms with van der Waals surface area (Å²) >= 11 is 0. The van der Waals surface area contributed by atoms with Gasteiger partial charge in [0.2, 0.25) is 5.82 Å². The molecular formula is C24H19N5O3. The zero-order valence-electron chi connectivity index (χ0n) is 16.9. The van der Waals surface area contributed by atoms with Gasteiger partial charge in [-0.2, -0.15) is 0 Å². The van der Waals surface area contributed by atoms with Gasteiger partial charge >= 0.3 is 11.2 Å². The molecule has 0 aliphatic carbocycles. The number of hydrogen-bond donors (Lipinski definition) is 2. The Balaban J connectivity index is 1.59. The molecule has 5 aromatic rings. The second-order valence-corrected chi connectivity index (χ2v) is 7.43. The number of hydrogen-bond acceptors (Lipinski definition) is 5. The summed E-state index contributed by atoms with van der Waals surface area (Å²) < 4.78 is 1.18. The van der Waals surface area contributed by atoms with E-state index in [4.69, 9.17) is 0 Å². The highest BCUT2D eigenvalue weighted by atomic mass is 16.6. The van der Waals surface area contributed by atoms with Crippen molar-refractivity contribution < 1.29 is 4.92 Å². The van der Waals surface area contributed by atoms with Crippen LogP contribution in [-0.4, -0.2) is 25.8 Å². The van der Waals surface area contributed by atoms with Crippen LogP contribution in [0.3, 0.4) is 0 Å². The molecule has 0 radical (unpaired) electrons. The third-order valence-electron chi connectivity index (χ3n) is 5.57. The molecule has 0 aliphatic rings. The van der Waals surface area contributed by atoms with E-state index in [-0.39, 0.29) is 11.7 Å². The summed E-state index contributed by atoms with van der Waals surface area (Å²) in [6.45, 7) is 0.322. The number of rotatable bonds is 6. The van der Waals surface area contributed by atoms with Crippen molar-refractivity contribution in [2.24, 2.45) is 0 Å². The molecule has 3 heterocycles. The molecule has 5 rings (SSSR count). The number of aromatic nitrogens is 3. The maximum Gasteiger partial charge on any atom is 0.376 e. The molecule has 0 spiro atoms. The lowest BCUT2D eigenvalue weighted by atomic mass is 9.91. The van der Waals surface area contributed by atoms with Crippen LogP contribution in [0.25, 0.3) is 16.6 Å². The van der Waals surface area contributed by atoms with Gasteiger partial charge in [-0.15, -0.1) is 0 Å². The van der Waals surface area contributed by atoms with Crippen molar-refractivity contribution in [3.63, 3.8) is 0 Å². The number of fused-ring (bicyclic) bond motifs is 2. The van der Waals surface area contributed by atoms with Gasteiger partial charge in [0.05, 0.1) is 4.92 Å². The Bertz CT molecular complexity index is 1490. The van der Waals surface area contributed by atoms with Crippen LogP contribution in [0.4, 0.5) is 11.5 Å². The fourth-order valence-electron chi connectivity index (χ4n) is 4.04. The highest BCUT2D eigenvalue weighted by molar-refractivity contribution is 5.84. The van der Waals surface area contributed by atoms with Gasteiger partial charge in [0.25, 0.3) is 0 Å². The highest BCUT2D eigenvalue weighted by Crippen LogP contribution is 2.31. The summed E-state index contributed by atoms with van der Waals surface area (Å²) in [5, 5.41) is 15.9. The van der Waals surface area contributed by atoms with Gasteiger partial charge in [0.15, 0.2) is 0 Å². The van der Waals surface area contributed by atoms with Gasteiger partial charge in [-0.3, -0.25) is 19.3 Å². The summed E-state index contributed by atoms with van der Waals surface area (Å²) in [6, 6.07) is 22.9. The molecule has 0 saturated heterocycles. The number of benzene rings is 2. The van der Waals surface area contributed by atoms with Crippen molar-refractivity contribution in [3.05, 3.63) is 117 Å². The Morgan fingerprint density at radius 1 is 1.03 bits per heavy atom. The van der Waals surface area contributed by atoms with Crippen LogP contribution in [0.1, 0.15) is 17.0 Å².